The summed E-state index contributed by atoms with van der Waals surface area (Å²) in [4.78, 5) is 0.474. The molecule has 1 aromatic carbocycles. The molecular formula is C11H11FN2O3S. The topological polar surface area (TPSA) is 77.1 Å². The zero-order chi connectivity index (χ0) is 13.3. The predicted octanol–water partition coefficient (Wildman–Crippen LogP) is 2.15. The Hall–Kier alpha value is -2.02. The van der Waals surface area contributed by atoms with Crippen molar-refractivity contribution in [3.8, 4) is 11.5 Å². The molecule has 0 aliphatic carbocycles. The number of methoxy groups -OCH3 is 2. The lowest BCUT2D eigenvalue weighted by atomic mass is 10.2. The summed E-state index contributed by atoms with van der Waals surface area (Å²) in [6.45, 7) is 0. The second kappa shape index (κ2) is 4.69. The Morgan fingerprint density at radius 2 is 2.11 bits per heavy atom. The smallest absolute Gasteiger partial charge is 0.197 e. The van der Waals surface area contributed by atoms with Crippen LogP contribution in [0.1, 0.15) is 4.88 Å². The molecule has 0 fully saturated rings. The normalized spacial score (nSPS) is 11.8. The van der Waals surface area contributed by atoms with Gasteiger partial charge < -0.3 is 20.4 Å². The van der Waals surface area contributed by atoms with E-state index in [9.17, 15) is 4.39 Å². The summed E-state index contributed by atoms with van der Waals surface area (Å²) >= 11 is 1.20. The number of nitrogens with two attached hydrogens (primary N) is 1. The molecule has 2 aromatic rings. The lowest BCUT2D eigenvalue weighted by Gasteiger charge is -2.08. The van der Waals surface area contributed by atoms with E-state index in [0.717, 1.165) is 0 Å². The van der Waals surface area contributed by atoms with Crippen LogP contribution in [0.3, 0.4) is 0 Å². The molecule has 0 bridgehead atoms. The van der Waals surface area contributed by atoms with Gasteiger partial charge in [0.1, 0.15) is 0 Å². The Kier molecular flexibility index (Phi) is 3.24. The Balaban J connectivity index is 2.73. The predicted molar refractivity (Wildman–Crippen MR) is 67.4 cm³/mol. The van der Waals surface area contributed by atoms with Crippen molar-refractivity contribution in [3.05, 3.63) is 22.8 Å². The summed E-state index contributed by atoms with van der Waals surface area (Å²) in [6.07, 6.45) is 0. The minimum Gasteiger partial charge on any atom is -0.493 e. The minimum atomic E-state index is -0.528. The molecule has 0 saturated carbocycles. The Bertz CT molecular complexity index is 624. The summed E-state index contributed by atoms with van der Waals surface area (Å²) < 4.78 is 24.8. The van der Waals surface area contributed by atoms with Crippen LogP contribution in [0.5, 0.6) is 11.5 Å². The maximum Gasteiger partial charge on any atom is 0.197 e. The third-order valence-electron chi connectivity index (χ3n) is 2.47. The van der Waals surface area contributed by atoms with Crippen molar-refractivity contribution in [2.24, 2.45) is 10.9 Å². The molecule has 96 valence electrons. The number of halogens is 1. The van der Waals surface area contributed by atoms with Crippen LogP contribution in [-0.2, 0) is 0 Å². The molecule has 0 aliphatic heterocycles. The monoisotopic (exact) mass is 270 g/mol. The second-order valence-electron chi connectivity index (χ2n) is 3.43. The van der Waals surface area contributed by atoms with Crippen molar-refractivity contribution in [1.82, 2.24) is 0 Å². The molecule has 1 aromatic heterocycles. The minimum absolute atomic E-state index is 0.0360. The number of oxime groups is 1. The summed E-state index contributed by atoms with van der Waals surface area (Å²) in [5.41, 5.74) is 5.47. The van der Waals surface area contributed by atoms with Crippen LogP contribution in [-0.4, -0.2) is 25.3 Å². The molecule has 0 unspecified atom stereocenters. The molecule has 7 heteroatoms. The van der Waals surface area contributed by atoms with Crippen LogP contribution in [0.15, 0.2) is 17.3 Å². The van der Waals surface area contributed by atoms with E-state index in [-0.39, 0.29) is 11.6 Å². The van der Waals surface area contributed by atoms with Crippen LogP contribution in [0.2, 0.25) is 0 Å². The van der Waals surface area contributed by atoms with Crippen molar-refractivity contribution >= 4 is 27.3 Å². The lowest BCUT2D eigenvalue weighted by Crippen LogP contribution is -2.10. The zero-order valence-corrected chi connectivity index (χ0v) is 10.5. The van der Waals surface area contributed by atoms with E-state index >= 15 is 0 Å². The van der Waals surface area contributed by atoms with Crippen LogP contribution in [0.4, 0.5) is 4.39 Å². The standard InChI is InChI=1S/C11H11FN2O3S/c1-16-6-4-7-5(9(12)10(6)17-2)3-8(18-7)11(13)14-15/h3-4,15H,1-2H3,(H2,13,14). The first-order valence-corrected chi connectivity index (χ1v) is 5.76. The van der Waals surface area contributed by atoms with Gasteiger partial charge in [0.2, 0.25) is 0 Å². The Morgan fingerprint density at radius 3 is 2.67 bits per heavy atom. The molecule has 18 heavy (non-hydrogen) atoms. The average molecular weight is 270 g/mol. The van der Waals surface area contributed by atoms with Crippen LogP contribution >= 0.6 is 11.3 Å². The molecule has 5 nitrogen and oxygen atoms in total. The Morgan fingerprint density at radius 1 is 1.39 bits per heavy atom. The first-order valence-electron chi connectivity index (χ1n) is 4.94. The number of ether oxygens (including phenoxy) is 2. The molecule has 0 aliphatic rings. The number of nitrogens with zero attached hydrogens (tertiary/aromatic N) is 1. The van der Waals surface area contributed by atoms with Crippen molar-refractivity contribution in [3.63, 3.8) is 0 Å². The van der Waals surface area contributed by atoms with Gasteiger partial charge in [-0.25, -0.2) is 4.39 Å². The van der Waals surface area contributed by atoms with Crippen LogP contribution in [0, 0.1) is 5.82 Å². The van der Waals surface area contributed by atoms with E-state index in [1.165, 1.54) is 31.6 Å². The van der Waals surface area contributed by atoms with E-state index in [1.807, 2.05) is 0 Å². The fourth-order valence-corrected chi connectivity index (χ4v) is 2.60. The molecule has 3 N–H and O–H groups in total. The quantitative estimate of drug-likeness (QED) is 0.388. The van der Waals surface area contributed by atoms with Gasteiger partial charge in [0.15, 0.2) is 23.2 Å². The molecule has 0 radical (unpaired) electrons. The average Bonchev–Trinajstić information content (AvgIpc) is 2.81. The van der Waals surface area contributed by atoms with Crippen molar-refractivity contribution in [1.29, 1.82) is 0 Å². The van der Waals surface area contributed by atoms with Gasteiger partial charge in [-0.1, -0.05) is 5.16 Å². The highest BCUT2D eigenvalue weighted by Crippen LogP contribution is 2.39. The van der Waals surface area contributed by atoms with Crippen LogP contribution < -0.4 is 15.2 Å². The maximum absolute atomic E-state index is 14.2. The molecular weight excluding hydrogens is 259 g/mol. The van der Waals surface area contributed by atoms with Crippen molar-refractivity contribution in [2.75, 3.05) is 14.2 Å². The van der Waals surface area contributed by atoms with Gasteiger partial charge in [-0.05, 0) is 6.07 Å². The second-order valence-corrected chi connectivity index (χ2v) is 4.52. The molecule has 0 spiro atoms. The highest BCUT2D eigenvalue weighted by Gasteiger charge is 2.18. The molecule has 0 atom stereocenters. The highest BCUT2D eigenvalue weighted by molar-refractivity contribution is 7.20. The summed E-state index contributed by atoms with van der Waals surface area (Å²) in [5.74, 6) is -0.252. The fourth-order valence-electron chi connectivity index (χ4n) is 1.62. The number of hydrogen-bond acceptors (Lipinski definition) is 5. The highest BCUT2D eigenvalue weighted by atomic mass is 32.1. The van der Waals surface area contributed by atoms with Gasteiger partial charge in [0.05, 0.1) is 19.1 Å². The van der Waals surface area contributed by atoms with E-state index < -0.39 is 5.82 Å². The third kappa shape index (κ3) is 1.82. The van der Waals surface area contributed by atoms with E-state index in [2.05, 4.69) is 5.16 Å². The van der Waals surface area contributed by atoms with Gasteiger partial charge in [0, 0.05) is 16.2 Å². The van der Waals surface area contributed by atoms with E-state index in [1.54, 1.807) is 6.07 Å². The van der Waals surface area contributed by atoms with E-state index in [0.29, 0.717) is 20.7 Å². The van der Waals surface area contributed by atoms with Gasteiger partial charge >= 0.3 is 0 Å². The Labute approximate surface area is 106 Å². The molecule has 1 heterocycles. The van der Waals surface area contributed by atoms with Gasteiger partial charge in [-0.15, -0.1) is 11.3 Å². The van der Waals surface area contributed by atoms with Gasteiger partial charge in [-0.3, -0.25) is 0 Å². The number of thiophene rings is 1. The van der Waals surface area contributed by atoms with Crippen molar-refractivity contribution < 1.29 is 19.1 Å². The first kappa shape index (κ1) is 12.4. The largest absolute Gasteiger partial charge is 0.493 e. The fraction of sp³-hybridized carbons (Fsp3) is 0.182. The molecule has 2 rings (SSSR count). The van der Waals surface area contributed by atoms with E-state index in [4.69, 9.17) is 20.4 Å². The lowest BCUT2D eigenvalue weighted by molar-refractivity contribution is 0.319. The van der Waals surface area contributed by atoms with Crippen molar-refractivity contribution in [2.45, 2.75) is 0 Å². The SMILES string of the molecule is COc1cc2sc(/C(N)=N/O)cc2c(F)c1OC. The van der Waals surface area contributed by atoms with Gasteiger partial charge in [0.25, 0.3) is 0 Å². The zero-order valence-electron chi connectivity index (χ0n) is 9.73. The number of rotatable bonds is 3. The molecule has 0 amide bonds. The number of benzene rings is 1. The maximum atomic E-state index is 14.2. The summed E-state index contributed by atoms with van der Waals surface area (Å²) in [6, 6.07) is 3.16. The number of fused-ring (bicyclic) bond motifs is 1. The van der Waals surface area contributed by atoms with Gasteiger partial charge in [-0.2, -0.15) is 0 Å². The number of amidine groups is 1. The first-order chi connectivity index (χ1) is 8.62. The third-order valence-corrected chi connectivity index (χ3v) is 3.57. The molecule has 0 saturated heterocycles. The number of hydrogen-bond donors (Lipinski definition) is 2. The summed E-state index contributed by atoms with van der Waals surface area (Å²) in [7, 11) is 2.80. The van der Waals surface area contributed by atoms with Crippen LogP contribution in [0.25, 0.3) is 10.1 Å². The summed E-state index contributed by atoms with van der Waals surface area (Å²) in [5, 5.41) is 11.8.